The van der Waals surface area contributed by atoms with Gasteiger partial charge < -0.3 is 5.32 Å². The highest BCUT2D eigenvalue weighted by atomic mass is 32.1. The summed E-state index contributed by atoms with van der Waals surface area (Å²) in [5.41, 5.74) is 1.27. The third-order valence-electron chi connectivity index (χ3n) is 3.75. The van der Waals surface area contributed by atoms with Crippen molar-refractivity contribution < 1.29 is 0 Å². The quantitative estimate of drug-likeness (QED) is 0.804. The largest absolute Gasteiger partial charge is 0.313 e. The van der Waals surface area contributed by atoms with Crippen molar-refractivity contribution in [1.29, 1.82) is 0 Å². The van der Waals surface area contributed by atoms with Crippen LogP contribution in [0.5, 0.6) is 0 Å². The fraction of sp³-hybridized carbons (Fsp3) is 0.786. The van der Waals surface area contributed by atoms with Gasteiger partial charge in [-0.25, -0.2) is 4.98 Å². The molecule has 2 unspecified atom stereocenters. The first-order chi connectivity index (χ1) is 8.20. The second kappa shape index (κ2) is 5.96. The standard InChI is InChI=1S/C14H24N2S/c1-4-7-15-14(10(2)12-5-6-12)8-13-9-17-11(3)16-13/h9-10,12,14-15H,4-8H2,1-3H3. The van der Waals surface area contributed by atoms with Gasteiger partial charge in [0.2, 0.25) is 0 Å². The second-order valence-corrected chi connectivity index (χ2v) is 6.38. The highest BCUT2D eigenvalue weighted by Crippen LogP contribution is 2.38. The number of hydrogen-bond acceptors (Lipinski definition) is 3. The molecule has 0 bridgehead atoms. The van der Waals surface area contributed by atoms with Gasteiger partial charge in [-0.2, -0.15) is 0 Å². The summed E-state index contributed by atoms with van der Waals surface area (Å²) in [5, 5.41) is 7.12. The third kappa shape index (κ3) is 3.78. The van der Waals surface area contributed by atoms with Crippen molar-refractivity contribution in [2.24, 2.45) is 11.8 Å². The van der Waals surface area contributed by atoms with Gasteiger partial charge in [-0.3, -0.25) is 0 Å². The lowest BCUT2D eigenvalue weighted by molar-refractivity contribution is 0.338. The van der Waals surface area contributed by atoms with Crippen LogP contribution in [-0.4, -0.2) is 17.6 Å². The monoisotopic (exact) mass is 252 g/mol. The summed E-state index contributed by atoms with van der Waals surface area (Å²) >= 11 is 1.77. The topological polar surface area (TPSA) is 24.9 Å². The van der Waals surface area contributed by atoms with E-state index in [0.717, 1.165) is 24.8 Å². The summed E-state index contributed by atoms with van der Waals surface area (Å²) in [5.74, 6) is 1.76. The van der Waals surface area contributed by atoms with Crippen molar-refractivity contribution in [3.63, 3.8) is 0 Å². The predicted molar refractivity (Wildman–Crippen MR) is 74.5 cm³/mol. The van der Waals surface area contributed by atoms with E-state index in [1.807, 2.05) is 0 Å². The normalized spacial score (nSPS) is 19.2. The Labute approximate surface area is 109 Å². The molecule has 0 radical (unpaired) electrons. The van der Waals surface area contributed by atoms with Crippen LogP contribution in [0.2, 0.25) is 0 Å². The van der Waals surface area contributed by atoms with Crippen molar-refractivity contribution >= 4 is 11.3 Å². The molecule has 0 spiro atoms. The van der Waals surface area contributed by atoms with Gasteiger partial charge in [-0.1, -0.05) is 13.8 Å². The molecular weight excluding hydrogens is 228 g/mol. The molecule has 0 aromatic carbocycles. The minimum absolute atomic E-state index is 0.615. The van der Waals surface area contributed by atoms with E-state index >= 15 is 0 Å². The number of thiazole rings is 1. The molecule has 1 aliphatic carbocycles. The molecule has 1 N–H and O–H groups in total. The molecule has 2 nitrogen and oxygen atoms in total. The Morgan fingerprint density at radius 1 is 1.53 bits per heavy atom. The van der Waals surface area contributed by atoms with Crippen LogP contribution in [0.25, 0.3) is 0 Å². The summed E-state index contributed by atoms with van der Waals surface area (Å²) < 4.78 is 0. The van der Waals surface area contributed by atoms with Crippen LogP contribution in [0.1, 0.15) is 43.8 Å². The van der Waals surface area contributed by atoms with E-state index in [4.69, 9.17) is 0 Å². The van der Waals surface area contributed by atoms with Gasteiger partial charge in [-0.05, 0) is 44.6 Å². The second-order valence-electron chi connectivity index (χ2n) is 5.32. The fourth-order valence-electron chi connectivity index (χ4n) is 2.45. The molecule has 1 fully saturated rings. The molecule has 1 aromatic heterocycles. The maximum absolute atomic E-state index is 4.60. The Bertz CT molecular complexity index is 344. The van der Waals surface area contributed by atoms with Gasteiger partial charge >= 0.3 is 0 Å². The lowest BCUT2D eigenvalue weighted by Gasteiger charge is -2.24. The van der Waals surface area contributed by atoms with Crippen molar-refractivity contribution in [3.05, 3.63) is 16.1 Å². The SMILES string of the molecule is CCCNC(Cc1csc(C)n1)C(C)C1CC1. The Morgan fingerprint density at radius 2 is 2.29 bits per heavy atom. The summed E-state index contributed by atoms with van der Waals surface area (Å²) in [7, 11) is 0. The van der Waals surface area contributed by atoms with Gasteiger partial charge in [0.05, 0.1) is 10.7 Å². The van der Waals surface area contributed by atoms with Crippen LogP contribution >= 0.6 is 11.3 Å². The molecule has 0 amide bonds. The molecule has 0 aliphatic heterocycles. The number of nitrogens with zero attached hydrogens (tertiary/aromatic N) is 1. The maximum atomic E-state index is 4.60. The Hall–Kier alpha value is -0.410. The van der Waals surface area contributed by atoms with E-state index in [9.17, 15) is 0 Å². The molecule has 1 saturated carbocycles. The Kier molecular flexibility index (Phi) is 4.57. The molecule has 2 atom stereocenters. The number of aryl methyl sites for hydroxylation is 1. The number of rotatable bonds is 7. The lowest BCUT2D eigenvalue weighted by Crippen LogP contribution is -2.38. The minimum Gasteiger partial charge on any atom is -0.313 e. The molecule has 1 aromatic rings. The first-order valence-corrected chi connectivity index (χ1v) is 7.73. The van der Waals surface area contributed by atoms with Crippen molar-refractivity contribution in [2.75, 3.05) is 6.54 Å². The van der Waals surface area contributed by atoms with E-state index < -0.39 is 0 Å². The zero-order chi connectivity index (χ0) is 12.3. The van der Waals surface area contributed by atoms with Crippen LogP contribution in [0.3, 0.4) is 0 Å². The van der Waals surface area contributed by atoms with Gasteiger partial charge in [0.25, 0.3) is 0 Å². The number of hydrogen-bond donors (Lipinski definition) is 1. The minimum atomic E-state index is 0.615. The van der Waals surface area contributed by atoms with Crippen molar-refractivity contribution in [2.45, 2.75) is 52.5 Å². The van der Waals surface area contributed by atoms with Crippen molar-refractivity contribution in [3.8, 4) is 0 Å². The molecule has 1 heterocycles. The molecule has 96 valence electrons. The van der Waals surface area contributed by atoms with E-state index in [0.29, 0.717) is 6.04 Å². The summed E-state index contributed by atoms with van der Waals surface area (Å²) in [6.45, 7) is 7.86. The summed E-state index contributed by atoms with van der Waals surface area (Å²) in [4.78, 5) is 4.60. The summed E-state index contributed by atoms with van der Waals surface area (Å²) in [6.07, 6.45) is 5.18. The zero-order valence-corrected chi connectivity index (χ0v) is 12.0. The van der Waals surface area contributed by atoms with Crippen LogP contribution in [0.15, 0.2) is 5.38 Å². The molecule has 17 heavy (non-hydrogen) atoms. The molecule has 3 heteroatoms. The zero-order valence-electron chi connectivity index (χ0n) is 11.2. The highest BCUT2D eigenvalue weighted by Gasteiger charge is 2.33. The Morgan fingerprint density at radius 3 is 2.82 bits per heavy atom. The maximum Gasteiger partial charge on any atom is 0.0897 e. The van der Waals surface area contributed by atoms with Gasteiger partial charge in [-0.15, -0.1) is 11.3 Å². The fourth-order valence-corrected chi connectivity index (χ4v) is 3.08. The molecular formula is C14H24N2S. The van der Waals surface area contributed by atoms with Crippen LogP contribution < -0.4 is 5.32 Å². The van der Waals surface area contributed by atoms with E-state index in [1.54, 1.807) is 11.3 Å². The highest BCUT2D eigenvalue weighted by molar-refractivity contribution is 7.09. The average molecular weight is 252 g/mol. The molecule has 1 aliphatic rings. The first kappa shape index (κ1) is 13.0. The number of aromatic nitrogens is 1. The van der Waals surface area contributed by atoms with Gasteiger partial charge in [0, 0.05) is 17.8 Å². The van der Waals surface area contributed by atoms with Crippen LogP contribution in [-0.2, 0) is 6.42 Å². The van der Waals surface area contributed by atoms with E-state index in [2.05, 4.69) is 36.5 Å². The average Bonchev–Trinajstić information content (AvgIpc) is 3.08. The summed E-state index contributed by atoms with van der Waals surface area (Å²) in [6, 6.07) is 0.615. The van der Waals surface area contributed by atoms with Crippen molar-refractivity contribution in [1.82, 2.24) is 10.3 Å². The van der Waals surface area contributed by atoms with Crippen LogP contribution in [0, 0.1) is 18.8 Å². The first-order valence-electron chi connectivity index (χ1n) is 6.85. The van der Waals surface area contributed by atoms with Gasteiger partial charge in [0.1, 0.15) is 0 Å². The van der Waals surface area contributed by atoms with Crippen LogP contribution in [0.4, 0.5) is 0 Å². The molecule has 2 rings (SSSR count). The lowest BCUT2D eigenvalue weighted by atomic mass is 9.93. The van der Waals surface area contributed by atoms with Gasteiger partial charge in [0.15, 0.2) is 0 Å². The number of nitrogens with one attached hydrogen (secondary N) is 1. The van der Waals surface area contributed by atoms with E-state index in [1.165, 1.54) is 30.0 Å². The Balaban J connectivity index is 1.93. The third-order valence-corrected chi connectivity index (χ3v) is 4.57. The molecule has 0 saturated heterocycles. The van der Waals surface area contributed by atoms with E-state index in [-0.39, 0.29) is 0 Å². The predicted octanol–water partition coefficient (Wildman–Crippen LogP) is 3.41. The smallest absolute Gasteiger partial charge is 0.0897 e.